The van der Waals surface area contributed by atoms with Crippen molar-refractivity contribution in [1.82, 2.24) is 5.32 Å². The van der Waals surface area contributed by atoms with E-state index in [1.807, 2.05) is 18.2 Å². The number of ether oxygens (including phenoxy) is 2. The second kappa shape index (κ2) is 43.3. The lowest BCUT2D eigenvalue weighted by atomic mass is 9.99. The van der Waals surface area contributed by atoms with E-state index >= 15 is 0 Å². The molecule has 1 aliphatic heterocycles. The van der Waals surface area contributed by atoms with Crippen molar-refractivity contribution in [2.75, 3.05) is 13.2 Å². The van der Waals surface area contributed by atoms with Gasteiger partial charge >= 0.3 is 0 Å². The Balaban J connectivity index is 2.32. The minimum atomic E-state index is -1.59. The van der Waals surface area contributed by atoms with Crippen molar-refractivity contribution in [1.29, 1.82) is 0 Å². The Hall–Kier alpha value is -2.63. The molecule has 1 heterocycles. The molecule has 1 rings (SSSR count). The monoisotopic (exact) mass is 884 g/mol. The number of aliphatic hydroxyl groups is 5. The normalized spacial score (nSPS) is 20.9. The van der Waals surface area contributed by atoms with Crippen LogP contribution in [0, 0.1) is 0 Å². The van der Waals surface area contributed by atoms with Gasteiger partial charge in [0.25, 0.3) is 0 Å². The maximum absolute atomic E-state index is 12.9. The third-order valence-corrected chi connectivity index (χ3v) is 11.4. The van der Waals surface area contributed by atoms with Gasteiger partial charge < -0.3 is 40.3 Å². The molecule has 0 spiro atoms. The number of allylic oxidation sites excluding steroid dienone is 13. The number of hydrogen-bond acceptors (Lipinski definition) is 8. The van der Waals surface area contributed by atoms with E-state index in [-0.39, 0.29) is 18.9 Å². The number of hydrogen-bond donors (Lipinski definition) is 6. The highest BCUT2D eigenvalue weighted by atomic mass is 16.7. The summed E-state index contributed by atoms with van der Waals surface area (Å²) in [6.07, 6.45) is 53.9. The molecule has 0 radical (unpaired) electrons. The zero-order valence-corrected chi connectivity index (χ0v) is 39.8. The van der Waals surface area contributed by atoms with Crippen LogP contribution in [-0.4, -0.2) is 87.5 Å². The molecule has 0 aromatic carbocycles. The van der Waals surface area contributed by atoms with Crippen molar-refractivity contribution in [3.8, 4) is 0 Å². The lowest BCUT2D eigenvalue weighted by Gasteiger charge is -2.40. The highest BCUT2D eigenvalue weighted by Crippen LogP contribution is 2.22. The SMILES string of the molecule is CC/C=C\C/C=C\C/C=C\C/C=C\CCC(=O)NC(COC1OC(CO)C(O)C(O)C1O)C(O)/C=C/CC/C=C/CC/C=C/CCCCCCCCCCCCCCCCCCC. The number of aliphatic hydroxyl groups excluding tert-OH is 5. The number of amides is 1. The van der Waals surface area contributed by atoms with Gasteiger partial charge in [0, 0.05) is 6.42 Å². The summed E-state index contributed by atoms with van der Waals surface area (Å²) in [4.78, 5) is 12.9. The molecule has 0 aromatic heterocycles. The fourth-order valence-electron chi connectivity index (χ4n) is 7.43. The number of carbonyl (C=O) groups is 1. The number of rotatable bonds is 41. The van der Waals surface area contributed by atoms with Crippen LogP contribution < -0.4 is 5.32 Å². The predicted octanol–water partition coefficient (Wildman–Crippen LogP) is 11.5. The van der Waals surface area contributed by atoms with Crippen molar-refractivity contribution < 1.29 is 39.8 Å². The van der Waals surface area contributed by atoms with Crippen LogP contribution in [0.15, 0.2) is 85.1 Å². The summed E-state index contributed by atoms with van der Waals surface area (Å²) in [5.74, 6) is -0.274. The van der Waals surface area contributed by atoms with Crippen LogP contribution in [0.25, 0.3) is 0 Å². The molecule has 0 saturated carbocycles. The highest BCUT2D eigenvalue weighted by molar-refractivity contribution is 5.76. The first-order valence-corrected chi connectivity index (χ1v) is 25.3. The summed E-state index contributed by atoms with van der Waals surface area (Å²) in [5, 5.41) is 54.1. The first kappa shape index (κ1) is 58.4. The van der Waals surface area contributed by atoms with Gasteiger partial charge in [0.1, 0.15) is 24.4 Å². The Kier molecular flexibility index (Phi) is 40.1. The van der Waals surface area contributed by atoms with Crippen LogP contribution >= 0.6 is 0 Å². The van der Waals surface area contributed by atoms with E-state index in [4.69, 9.17) is 9.47 Å². The van der Waals surface area contributed by atoms with Gasteiger partial charge in [-0.1, -0.05) is 202 Å². The first-order chi connectivity index (χ1) is 30.8. The minimum Gasteiger partial charge on any atom is -0.394 e. The second-order valence-corrected chi connectivity index (χ2v) is 17.2. The molecule has 0 aromatic rings. The Labute approximate surface area is 384 Å². The minimum absolute atomic E-state index is 0.209. The molecular weight excluding hydrogens is 791 g/mol. The van der Waals surface area contributed by atoms with Gasteiger partial charge in [0.2, 0.25) is 5.91 Å². The molecule has 6 N–H and O–H groups in total. The van der Waals surface area contributed by atoms with Crippen LogP contribution in [0.1, 0.15) is 194 Å². The van der Waals surface area contributed by atoms with Crippen molar-refractivity contribution in [2.45, 2.75) is 236 Å². The summed E-state index contributed by atoms with van der Waals surface area (Å²) in [5.41, 5.74) is 0. The van der Waals surface area contributed by atoms with E-state index in [1.54, 1.807) is 6.08 Å². The second-order valence-electron chi connectivity index (χ2n) is 17.2. The summed E-state index contributed by atoms with van der Waals surface area (Å²) >= 11 is 0. The fraction of sp³-hybridized carbons (Fsp3) is 0.722. The van der Waals surface area contributed by atoms with Crippen LogP contribution in [0.5, 0.6) is 0 Å². The lowest BCUT2D eigenvalue weighted by Crippen LogP contribution is -2.60. The number of nitrogens with one attached hydrogen (secondary N) is 1. The van der Waals surface area contributed by atoms with E-state index in [1.165, 1.54) is 109 Å². The molecule has 9 heteroatoms. The third-order valence-electron chi connectivity index (χ3n) is 11.4. The molecule has 1 fully saturated rings. The number of carbonyl (C=O) groups excluding carboxylic acids is 1. The molecule has 362 valence electrons. The van der Waals surface area contributed by atoms with E-state index in [9.17, 15) is 30.3 Å². The summed E-state index contributed by atoms with van der Waals surface area (Å²) in [6, 6.07) is -0.870. The van der Waals surface area contributed by atoms with Crippen LogP contribution in [0.4, 0.5) is 0 Å². The van der Waals surface area contributed by atoms with Crippen molar-refractivity contribution in [2.24, 2.45) is 0 Å². The molecule has 9 nitrogen and oxygen atoms in total. The molecule has 1 saturated heterocycles. The maximum Gasteiger partial charge on any atom is 0.220 e. The van der Waals surface area contributed by atoms with E-state index in [2.05, 4.69) is 79.9 Å². The Morgan fingerprint density at radius 1 is 0.556 bits per heavy atom. The predicted molar refractivity (Wildman–Crippen MR) is 262 cm³/mol. The largest absolute Gasteiger partial charge is 0.394 e. The summed E-state index contributed by atoms with van der Waals surface area (Å²) in [7, 11) is 0. The van der Waals surface area contributed by atoms with Crippen LogP contribution in [0.2, 0.25) is 0 Å². The Bertz CT molecular complexity index is 1260. The maximum atomic E-state index is 12.9. The van der Waals surface area contributed by atoms with Crippen molar-refractivity contribution in [3.63, 3.8) is 0 Å². The molecule has 7 unspecified atom stereocenters. The van der Waals surface area contributed by atoms with Gasteiger partial charge in [0.15, 0.2) is 6.29 Å². The smallest absolute Gasteiger partial charge is 0.220 e. The molecule has 0 aliphatic carbocycles. The van der Waals surface area contributed by atoms with E-state index in [0.717, 1.165) is 51.4 Å². The zero-order chi connectivity index (χ0) is 45.9. The van der Waals surface area contributed by atoms with Gasteiger partial charge in [-0.25, -0.2) is 0 Å². The topological polar surface area (TPSA) is 149 Å². The average Bonchev–Trinajstić information content (AvgIpc) is 3.28. The zero-order valence-electron chi connectivity index (χ0n) is 39.8. The van der Waals surface area contributed by atoms with E-state index < -0.39 is 49.5 Å². The number of unbranched alkanes of at least 4 members (excludes halogenated alkanes) is 19. The fourth-order valence-corrected chi connectivity index (χ4v) is 7.43. The summed E-state index contributed by atoms with van der Waals surface area (Å²) < 4.78 is 11.2. The van der Waals surface area contributed by atoms with Gasteiger partial charge in [-0.3, -0.25) is 4.79 Å². The summed E-state index contributed by atoms with van der Waals surface area (Å²) in [6.45, 7) is 3.58. The quantitative estimate of drug-likeness (QED) is 0.0263. The molecular formula is C54H93NO8. The van der Waals surface area contributed by atoms with Crippen LogP contribution in [-0.2, 0) is 14.3 Å². The molecule has 0 bridgehead atoms. The average molecular weight is 884 g/mol. The van der Waals surface area contributed by atoms with Gasteiger partial charge in [-0.05, 0) is 70.6 Å². The Morgan fingerprint density at radius 3 is 1.51 bits per heavy atom. The third kappa shape index (κ3) is 33.5. The molecule has 7 atom stereocenters. The van der Waals surface area contributed by atoms with Crippen LogP contribution in [0.3, 0.4) is 0 Å². The van der Waals surface area contributed by atoms with Gasteiger partial charge in [0.05, 0.1) is 25.4 Å². The van der Waals surface area contributed by atoms with Gasteiger partial charge in [-0.15, -0.1) is 0 Å². The van der Waals surface area contributed by atoms with Gasteiger partial charge in [-0.2, -0.15) is 0 Å². The molecule has 1 aliphatic rings. The highest BCUT2D eigenvalue weighted by Gasteiger charge is 2.44. The Morgan fingerprint density at radius 2 is 1.00 bits per heavy atom. The standard InChI is InChI=1S/C54H93NO8/c1-3-5-7-9-11-13-15-17-18-19-20-21-22-23-24-25-26-27-28-29-30-32-33-35-37-39-41-43-48(57)47(46-62-54-53(61)52(60)51(59)49(45-56)63-54)55-50(58)44-42-40-38-36-34-31-16-14-12-10-8-6-4-2/h6,8,12,14,28-29,31,33-35,38,40-41,43,47-49,51-54,56-57,59-61H,3-5,7,9-11,13,15-27,30,32,36-37,39,42,44-46H2,1-2H3,(H,55,58)/b8-6-,14-12-,29-28+,34-31-,35-33+,40-38-,43-41+. The lowest BCUT2D eigenvalue weighted by molar-refractivity contribution is -0.302. The molecule has 63 heavy (non-hydrogen) atoms. The van der Waals surface area contributed by atoms with Crippen molar-refractivity contribution >= 4 is 5.91 Å². The first-order valence-electron chi connectivity index (χ1n) is 25.3. The van der Waals surface area contributed by atoms with E-state index in [0.29, 0.717) is 12.8 Å². The van der Waals surface area contributed by atoms with Crippen molar-refractivity contribution in [3.05, 3.63) is 85.1 Å². The molecule has 1 amide bonds.